The molecule has 5 N–H and O–H groups in total. The molecule has 4 nitrogen and oxygen atoms in total. The van der Waals surface area contributed by atoms with E-state index in [1.54, 1.807) is 0 Å². The van der Waals surface area contributed by atoms with Gasteiger partial charge in [0.25, 0.3) is 0 Å². The third-order valence-corrected chi connectivity index (χ3v) is 5.28. The van der Waals surface area contributed by atoms with E-state index in [1.807, 2.05) is 13.8 Å². The summed E-state index contributed by atoms with van der Waals surface area (Å²) in [5, 5.41) is -0.125. The van der Waals surface area contributed by atoms with Gasteiger partial charge in [-0.2, -0.15) is 0 Å². The van der Waals surface area contributed by atoms with E-state index in [0.717, 1.165) is 32.1 Å². The Labute approximate surface area is 100 Å². The summed E-state index contributed by atoms with van der Waals surface area (Å²) in [7, 11) is -2.60. The Morgan fingerprint density at radius 2 is 1.94 bits per heavy atom. The van der Waals surface area contributed by atoms with E-state index >= 15 is 0 Å². The Balaban J connectivity index is 2.32. The molecule has 0 aromatic rings. The lowest BCUT2D eigenvalue weighted by molar-refractivity contribution is 0.416. The molecule has 1 fully saturated rings. The molecule has 16 heavy (non-hydrogen) atoms. The molecule has 0 amide bonds. The summed E-state index contributed by atoms with van der Waals surface area (Å²) in [6.45, 7) is 4.35. The van der Waals surface area contributed by atoms with Crippen LogP contribution in [-0.2, 0) is 0 Å². The highest BCUT2D eigenvalue weighted by Gasteiger charge is 2.21. The van der Waals surface area contributed by atoms with Gasteiger partial charge in [-0.25, -0.2) is 4.72 Å². The topological polar surface area (TPSA) is 78.5 Å². The Morgan fingerprint density at radius 1 is 1.25 bits per heavy atom. The fourth-order valence-electron chi connectivity index (χ4n) is 2.02. The molecule has 2 atom stereocenters. The minimum Gasteiger partial charge on any atom is -0.328 e. The number of rotatable bonds is 4. The molecule has 1 aliphatic rings. The van der Waals surface area contributed by atoms with Gasteiger partial charge in [0, 0.05) is 12.6 Å². The normalized spacial score (nSPS) is 29.1. The molecule has 0 spiro atoms. The maximum absolute atomic E-state index is 9.75. The molecule has 0 aromatic heterocycles. The molecule has 1 rings (SSSR count). The third-order valence-electron chi connectivity index (χ3n) is 3.37. The standard InChI is InChI=1S/C11H26N2O2S/c1-9(2)16(14,15)13-8-10-4-3-5-11(12)7-6-10/h9-11,13-15H,3-8,12H2,1-2H3/t10-,11?/m0/s1. The highest BCUT2D eigenvalue weighted by molar-refractivity contribution is 8.23. The van der Waals surface area contributed by atoms with Crippen LogP contribution in [0.25, 0.3) is 0 Å². The Hall–Kier alpha value is 0.190. The van der Waals surface area contributed by atoms with Gasteiger partial charge in [-0.05, 0) is 45.4 Å². The molecule has 0 aliphatic heterocycles. The van der Waals surface area contributed by atoms with Gasteiger partial charge < -0.3 is 5.73 Å². The van der Waals surface area contributed by atoms with Crippen LogP contribution in [0.5, 0.6) is 0 Å². The van der Waals surface area contributed by atoms with Crippen LogP contribution in [0.15, 0.2) is 0 Å². The van der Waals surface area contributed by atoms with E-state index in [9.17, 15) is 9.11 Å². The van der Waals surface area contributed by atoms with Crippen LogP contribution in [0, 0.1) is 5.92 Å². The predicted molar refractivity (Wildman–Crippen MR) is 70.5 cm³/mol. The summed E-state index contributed by atoms with van der Waals surface area (Å²) in [5.41, 5.74) is 5.91. The van der Waals surface area contributed by atoms with Gasteiger partial charge in [-0.15, -0.1) is 10.8 Å². The van der Waals surface area contributed by atoms with Gasteiger partial charge in [0.1, 0.15) is 0 Å². The zero-order valence-corrected chi connectivity index (χ0v) is 11.2. The maximum Gasteiger partial charge on any atom is 0.0582 e. The summed E-state index contributed by atoms with van der Waals surface area (Å²) in [4.78, 5) is 0. The number of nitrogens with one attached hydrogen (secondary N) is 1. The van der Waals surface area contributed by atoms with Crippen molar-refractivity contribution < 1.29 is 9.11 Å². The minimum absolute atomic E-state index is 0.125. The van der Waals surface area contributed by atoms with Crippen LogP contribution >= 0.6 is 10.8 Å². The van der Waals surface area contributed by atoms with Gasteiger partial charge in [0.05, 0.1) is 5.25 Å². The Bertz CT molecular complexity index is 212. The lowest BCUT2D eigenvalue weighted by atomic mass is 10.0. The largest absolute Gasteiger partial charge is 0.328 e. The second kappa shape index (κ2) is 6.21. The Kier molecular flexibility index (Phi) is 5.53. The van der Waals surface area contributed by atoms with E-state index < -0.39 is 10.8 Å². The Morgan fingerprint density at radius 3 is 2.56 bits per heavy atom. The van der Waals surface area contributed by atoms with E-state index in [1.165, 1.54) is 0 Å². The van der Waals surface area contributed by atoms with Crippen molar-refractivity contribution in [3.8, 4) is 0 Å². The van der Waals surface area contributed by atoms with Crippen molar-refractivity contribution >= 4 is 10.8 Å². The first-order valence-corrected chi connectivity index (χ1v) is 7.80. The van der Waals surface area contributed by atoms with Crippen molar-refractivity contribution in [2.45, 2.75) is 57.2 Å². The average molecular weight is 250 g/mol. The van der Waals surface area contributed by atoms with Crippen molar-refractivity contribution in [2.75, 3.05) is 6.54 Å². The van der Waals surface area contributed by atoms with Crippen molar-refractivity contribution in [1.82, 2.24) is 4.72 Å². The van der Waals surface area contributed by atoms with E-state index in [0.29, 0.717) is 18.5 Å². The summed E-state index contributed by atoms with van der Waals surface area (Å²) in [6, 6.07) is 0.343. The number of nitrogens with two attached hydrogens (primary N) is 1. The molecular formula is C11H26N2O2S. The molecule has 1 unspecified atom stereocenters. The van der Waals surface area contributed by atoms with Gasteiger partial charge in [0.15, 0.2) is 0 Å². The highest BCUT2D eigenvalue weighted by Crippen LogP contribution is 2.39. The van der Waals surface area contributed by atoms with Crippen LogP contribution in [0.3, 0.4) is 0 Å². The number of hydrogen-bond donors (Lipinski definition) is 4. The second-order valence-corrected chi connectivity index (χ2v) is 7.54. The van der Waals surface area contributed by atoms with Crippen LogP contribution in [-0.4, -0.2) is 26.9 Å². The molecular weight excluding hydrogens is 224 g/mol. The summed E-state index contributed by atoms with van der Waals surface area (Å²) >= 11 is 0. The molecule has 98 valence electrons. The zero-order chi connectivity index (χ0) is 12.2. The van der Waals surface area contributed by atoms with Gasteiger partial charge in [0.2, 0.25) is 0 Å². The minimum atomic E-state index is -2.60. The van der Waals surface area contributed by atoms with Crippen LogP contribution < -0.4 is 10.5 Å². The molecule has 0 aromatic carbocycles. The molecule has 1 aliphatic carbocycles. The average Bonchev–Trinajstić information content (AvgIpc) is 2.40. The summed E-state index contributed by atoms with van der Waals surface area (Å²) in [5.74, 6) is 0.540. The van der Waals surface area contributed by atoms with Crippen molar-refractivity contribution in [1.29, 1.82) is 0 Å². The molecule has 0 bridgehead atoms. The van der Waals surface area contributed by atoms with Crippen molar-refractivity contribution in [3.63, 3.8) is 0 Å². The smallest absolute Gasteiger partial charge is 0.0582 e. The number of hydrogen-bond acceptors (Lipinski definition) is 4. The maximum atomic E-state index is 9.75. The second-order valence-electron chi connectivity index (χ2n) is 5.12. The van der Waals surface area contributed by atoms with Crippen LogP contribution in [0.1, 0.15) is 46.0 Å². The first-order valence-electron chi connectivity index (χ1n) is 6.19. The third kappa shape index (κ3) is 4.59. The summed E-state index contributed by atoms with van der Waals surface area (Å²) in [6.07, 6.45) is 5.58. The van der Waals surface area contributed by atoms with Crippen LogP contribution in [0.4, 0.5) is 0 Å². The van der Waals surface area contributed by atoms with Gasteiger partial charge in [-0.1, -0.05) is 6.42 Å². The highest BCUT2D eigenvalue weighted by atomic mass is 32.3. The quantitative estimate of drug-likeness (QED) is 0.578. The van der Waals surface area contributed by atoms with Gasteiger partial charge in [-0.3, -0.25) is 9.11 Å². The van der Waals surface area contributed by atoms with Crippen LogP contribution in [0.2, 0.25) is 0 Å². The molecule has 0 heterocycles. The monoisotopic (exact) mass is 250 g/mol. The molecule has 5 heteroatoms. The molecule has 0 saturated heterocycles. The van der Waals surface area contributed by atoms with E-state index in [4.69, 9.17) is 5.73 Å². The van der Waals surface area contributed by atoms with E-state index in [2.05, 4.69) is 4.72 Å². The van der Waals surface area contributed by atoms with Crippen molar-refractivity contribution in [3.05, 3.63) is 0 Å². The fraction of sp³-hybridized carbons (Fsp3) is 1.00. The lowest BCUT2D eigenvalue weighted by Crippen LogP contribution is -2.31. The lowest BCUT2D eigenvalue weighted by Gasteiger charge is -2.38. The fourth-order valence-corrected chi connectivity index (χ4v) is 2.83. The van der Waals surface area contributed by atoms with Crippen molar-refractivity contribution in [2.24, 2.45) is 11.7 Å². The first-order chi connectivity index (χ1) is 7.42. The summed E-state index contributed by atoms with van der Waals surface area (Å²) < 4.78 is 22.4. The zero-order valence-electron chi connectivity index (χ0n) is 10.4. The molecule has 0 radical (unpaired) electrons. The predicted octanol–water partition coefficient (Wildman–Crippen LogP) is 2.56. The van der Waals surface area contributed by atoms with E-state index in [-0.39, 0.29) is 5.25 Å². The first kappa shape index (κ1) is 14.3. The SMILES string of the molecule is CC(C)S(O)(O)NC[C@H]1CCCC(N)CC1. The van der Waals surface area contributed by atoms with Gasteiger partial charge >= 0.3 is 0 Å². The molecule has 1 saturated carbocycles.